The monoisotopic (exact) mass is 453 g/mol. The molecule has 0 fully saturated rings. The highest BCUT2D eigenvalue weighted by atomic mass is 35.5. The van der Waals surface area contributed by atoms with Gasteiger partial charge in [-0.15, -0.1) is 0 Å². The third kappa shape index (κ3) is 5.20. The average Bonchev–Trinajstić information content (AvgIpc) is 2.78. The van der Waals surface area contributed by atoms with Crippen molar-refractivity contribution in [2.45, 2.75) is 38.6 Å². The lowest BCUT2D eigenvalue weighted by molar-refractivity contribution is -0.129. The summed E-state index contributed by atoms with van der Waals surface area (Å²) in [5.41, 5.74) is 3.36. The highest BCUT2D eigenvalue weighted by Crippen LogP contribution is 2.24. The molecule has 0 radical (unpaired) electrons. The van der Waals surface area contributed by atoms with Crippen LogP contribution < -0.4 is 5.32 Å². The van der Waals surface area contributed by atoms with Crippen LogP contribution in [0, 0.1) is 5.92 Å². The van der Waals surface area contributed by atoms with Crippen LogP contribution in [-0.2, 0) is 16.1 Å². The highest BCUT2D eigenvalue weighted by molar-refractivity contribution is 7.80. The lowest BCUT2D eigenvalue weighted by Gasteiger charge is -2.31. The molecule has 1 aliphatic heterocycles. The summed E-state index contributed by atoms with van der Waals surface area (Å²) in [6, 6.07) is 7.28. The van der Waals surface area contributed by atoms with Gasteiger partial charge < -0.3 is 5.32 Å². The Morgan fingerprint density at radius 2 is 2.06 bits per heavy atom. The van der Waals surface area contributed by atoms with Crippen LogP contribution in [0.5, 0.6) is 0 Å². The Morgan fingerprint density at radius 3 is 2.81 bits per heavy atom. The molecular weight excluding hydrogens is 430 g/mol. The number of allylic oxidation sites excluding steroid dienone is 2. The molecule has 1 heterocycles. The molecule has 0 saturated carbocycles. The number of hydrogen-bond donors (Lipinski definition) is 1. The SMILES string of the molecule is O=C(NCCC1=CCCCC1)C1=CC2=NC(=S)N(Cc3ccc(Cl)cc3)C(=O)C2C=C1. The van der Waals surface area contributed by atoms with Crippen LogP contribution in [0.25, 0.3) is 0 Å². The van der Waals surface area contributed by atoms with Gasteiger partial charge in [-0.25, -0.2) is 4.99 Å². The largest absolute Gasteiger partial charge is 0.352 e. The third-order valence-electron chi connectivity index (χ3n) is 5.71. The lowest BCUT2D eigenvalue weighted by atomic mass is 9.91. The number of carbonyl (C=O) groups is 2. The molecule has 0 bridgehead atoms. The molecule has 2 amide bonds. The fourth-order valence-electron chi connectivity index (χ4n) is 3.97. The van der Waals surface area contributed by atoms with Crippen molar-refractivity contribution >= 4 is 46.5 Å². The van der Waals surface area contributed by atoms with Gasteiger partial charge in [0.2, 0.25) is 11.0 Å². The van der Waals surface area contributed by atoms with Crippen LogP contribution in [0.3, 0.4) is 0 Å². The molecule has 1 aromatic carbocycles. The van der Waals surface area contributed by atoms with E-state index in [9.17, 15) is 9.59 Å². The van der Waals surface area contributed by atoms with Crippen LogP contribution in [0.4, 0.5) is 0 Å². The molecule has 0 aromatic heterocycles. The molecular formula is C24H24ClN3O2S. The summed E-state index contributed by atoms with van der Waals surface area (Å²) >= 11 is 11.3. The maximum absolute atomic E-state index is 13.0. The molecule has 1 aromatic rings. The first kappa shape index (κ1) is 21.7. The van der Waals surface area contributed by atoms with Crippen molar-refractivity contribution in [3.8, 4) is 0 Å². The Labute approximate surface area is 192 Å². The number of carbonyl (C=O) groups excluding carboxylic acids is 2. The summed E-state index contributed by atoms with van der Waals surface area (Å²) < 4.78 is 0. The summed E-state index contributed by atoms with van der Waals surface area (Å²) in [6.07, 6.45) is 13.0. The first-order valence-electron chi connectivity index (χ1n) is 10.6. The van der Waals surface area contributed by atoms with Gasteiger partial charge in [0.25, 0.3) is 5.91 Å². The molecule has 2 aliphatic carbocycles. The first-order chi connectivity index (χ1) is 15.0. The Kier molecular flexibility index (Phi) is 6.78. The average molecular weight is 454 g/mol. The number of amides is 2. The number of rotatable bonds is 6. The van der Waals surface area contributed by atoms with Gasteiger partial charge >= 0.3 is 0 Å². The highest BCUT2D eigenvalue weighted by Gasteiger charge is 2.35. The third-order valence-corrected chi connectivity index (χ3v) is 6.27. The van der Waals surface area contributed by atoms with Gasteiger partial charge in [0.05, 0.1) is 18.2 Å². The number of nitrogens with zero attached hydrogens (tertiary/aromatic N) is 2. The second kappa shape index (κ2) is 9.71. The summed E-state index contributed by atoms with van der Waals surface area (Å²) in [5, 5.41) is 3.82. The van der Waals surface area contributed by atoms with Crippen molar-refractivity contribution in [1.82, 2.24) is 10.2 Å². The van der Waals surface area contributed by atoms with Crippen molar-refractivity contribution in [3.63, 3.8) is 0 Å². The number of aliphatic imine (C=N–C) groups is 1. The molecule has 7 heteroatoms. The van der Waals surface area contributed by atoms with E-state index in [1.165, 1.54) is 23.3 Å². The second-order valence-corrected chi connectivity index (χ2v) is 8.72. The zero-order chi connectivity index (χ0) is 21.8. The number of halogens is 1. The van der Waals surface area contributed by atoms with E-state index in [1.807, 2.05) is 12.1 Å². The molecule has 0 spiro atoms. The van der Waals surface area contributed by atoms with Gasteiger partial charge in [-0.3, -0.25) is 14.5 Å². The summed E-state index contributed by atoms with van der Waals surface area (Å²) in [4.78, 5) is 31.5. The summed E-state index contributed by atoms with van der Waals surface area (Å²) in [5.74, 6) is -0.820. The van der Waals surface area contributed by atoms with Crippen molar-refractivity contribution in [1.29, 1.82) is 0 Å². The Bertz CT molecular complexity index is 1020. The molecule has 1 N–H and O–H groups in total. The van der Waals surface area contributed by atoms with E-state index < -0.39 is 5.92 Å². The minimum atomic E-state index is -0.525. The predicted octanol–water partition coefficient (Wildman–Crippen LogP) is 4.53. The van der Waals surface area contributed by atoms with E-state index in [-0.39, 0.29) is 16.9 Å². The van der Waals surface area contributed by atoms with Crippen molar-refractivity contribution < 1.29 is 9.59 Å². The first-order valence-corrected chi connectivity index (χ1v) is 11.3. The Balaban J connectivity index is 1.40. The smallest absolute Gasteiger partial charge is 0.251 e. The van der Waals surface area contributed by atoms with Crippen LogP contribution in [0.15, 0.2) is 64.7 Å². The zero-order valence-electron chi connectivity index (χ0n) is 17.1. The minimum absolute atomic E-state index is 0.138. The topological polar surface area (TPSA) is 61.8 Å². The Hall–Kier alpha value is -2.57. The standard InChI is InChI=1S/C24H24ClN3O2S/c25-19-9-6-17(7-10-19)15-28-23(30)20-11-8-18(14-21(20)27-24(28)31)22(29)26-13-12-16-4-2-1-3-5-16/h4,6-11,14,20H,1-3,5,12-13,15H2,(H,26,29). The van der Waals surface area contributed by atoms with Crippen molar-refractivity contribution in [2.24, 2.45) is 10.9 Å². The fraction of sp³-hybridized carbons (Fsp3) is 0.333. The fourth-order valence-corrected chi connectivity index (χ4v) is 4.35. The number of hydrogen-bond acceptors (Lipinski definition) is 3. The quantitative estimate of drug-likeness (QED) is 0.508. The molecule has 3 aliphatic rings. The number of fused-ring (bicyclic) bond motifs is 1. The van der Waals surface area contributed by atoms with E-state index in [2.05, 4.69) is 16.4 Å². The summed E-state index contributed by atoms with van der Waals surface area (Å²) in [7, 11) is 0. The van der Waals surface area contributed by atoms with E-state index >= 15 is 0 Å². The Morgan fingerprint density at radius 1 is 1.26 bits per heavy atom. The molecule has 160 valence electrons. The van der Waals surface area contributed by atoms with Crippen molar-refractivity contribution in [3.05, 3.63) is 70.3 Å². The maximum Gasteiger partial charge on any atom is 0.251 e. The van der Waals surface area contributed by atoms with E-state index in [4.69, 9.17) is 23.8 Å². The van der Waals surface area contributed by atoms with Crippen LogP contribution >= 0.6 is 23.8 Å². The van der Waals surface area contributed by atoms with Crippen molar-refractivity contribution in [2.75, 3.05) is 6.54 Å². The molecule has 4 rings (SSSR count). The number of benzene rings is 1. The predicted molar refractivity (Wildman–Crippen MR) is 127 cm³/mol. The van der Waals surface area contributed by atoms with Gasteiger partial charge in [0.1, 0.15) is 0 Å². The van der Waals surface area contributed by atoms with Gasteiger partial charge in [0.15, 0.2) is 0 Å². The van der Waals surface area contributed by atoms with Gasteiger partial charge in [0, 0.05) is 17.1 Å². The second-order valence-electron chi connectivity index (χ2n) is 7.92. The van der Waals surface area contributed by atoms with Gasteiger partial charge in [-0.2, -0.15) is 0 Å². The van der Waals surface area contributed by atoms with E-state index in [0.29, 0.717) is 29.4 Å². The van der Waals surface area contributed by atoms with E-state index in [1.54, 1.807) is 30.4 Å². The molecule has 5 nitrogen and oxygen atoms in total. The molecule has 0 saturated heterocycles. The number of nitrogens with one attached hydrogen (secondary N) is 1. The number of thiocarbonyl (C=S) groups is 1. The van der Waals surface area contributed by atoms with Crippen LogP contribution in [0.1, 0.15) is 37.7 Å². The molecule has 1 unspecified atom stereocenters. The van der Waals surface area contributed by atoms with E-state index in [0.717, 1.165) is 24.8 Å². The van der Waals surface area contributed by atoms with Gasteiger partial charge in [-0.05, 0) is 68.1 Å². The minimum Gasteiger partial charge on any atom is -0.352 e. The zero-order valence-corrected chi connectivity index (χ0v) is 18.7. The molecule has 1 atom stereocenters. The lowest BCUT2D eigenvalue weighted by Crippen LogP contribution is -2.45. The normalized spacial score (nSPS) is 20.6. The van der Waals surface area contributed by atoms with Gasteiger partial charge in [-0.1, -0.05) is 47.5 Å². The van der Waals surface area contributed by atoms with Crippen LogP contribution in [-0.4, -0.2) is 34.1 Å². The maximum atomic E-state index is 13.0. The van der Waals surface area contributed by atoms with Crippen LogP contribution in [0.2, 0.25) is 5.02 Å². The summed E-state index contributed by atoms with van der Waals surface area (Å²) in [6.45, 7) is 0.945. The molecule has 31 heavy (non-hydrogen) atoms.